The van der Waals surface area contributed by atoms with E-state index >= 15 is 0 Å². The summed E-state index contributed by atoms with van der Waals surface area (Å²) in [5.41, 5.74) is 2.28. The molecule has 0 aliphatic carbocycles. The van der Waals surface area contributed by atoms with Crippen LogP contribution in [0.25, 0.3) is 16.9 Å². The van der Waals surface area contributed by atoms with Gasteiger partial charge in [-0.05, 0) is 38.1 Å². The van der Waals surface area contributed by atoms with Gasteiger partial charge in [-0.3, -0.25) is 4.79 Å². The fourth-order valence-electron chi connectivity index (χ4n) is 2.36. The first-order valence-corrected chi connectivity index (χ1v) is 8.46. The second kappa shape index (κ2) is 7.54. The number of rotatable bonds is 5. The maximum Gasteiger partial charge on any atom is 0.342 e. The smallest absolute Gasteiger partial charge is 0.342 e. The van der Waals surface area contributed by atoms with Gasteiger partial charge >= 0.3 is 5.97 Å². The maximum absolute atomic E-state index is 12.6. The Morgan fingerprint density at radius 2 is 1.73 bits per heavy atom. The van der Waals surface area contributed by atoms with Gasteiger partial charge in [-0.25, -0.2) is 9.48 Å². The van der Waals surface area contributed by atoms with Gasteiger partial charge in [0, 0.05) is 16.8 Å². The first kappa shape index (κ1) is 17.9. The van der Waals surface area contributed by atoms with Gasteiger partial charge in [0.15, 0.2) is 11.9 Å². The van der Waals surface area contributed by atoms with Crippen LogP contribution in [0.5, 0.6) is 0 Å². The molecular formula is C20H17ClN2O3. The number of ether oxygens (including phenoxy) is 1. The fourth-order valence-corrected chi connectivity index (χ4v) is 2.49. The molecule has 6 heteroatoms. The molecule has 0 spiro atoms. The van der Waals surface area contributed by atoms with Crippen molar-refractivity contribution in [3.63, 3.8) is 0 Å². The van der Waals surface area contributed by atoms with Gasteiger partial charge in [-0.15, -0.1) is 0 Å². The van der Waals surface area contributed by atoms with Gasteiger partial charge in [0.05, 0.1) is 5.69 Å². The van der Waals surface area contributed by atoms with E-state index in [1.807, 2.05) is 30.3 Å². The minimum Gasteiger partial charge on any atom is -0.451 e. The summed E-state index contributed by atoms with van der Waals surface area (Å²) in [5.74, 6) is -0.818. The average molecular weight is 369 g/mol. The second-order valence-electron chi connectivity index (χ2n) is 5.84. The Kier molecular flexibility index (Phi) is 5.19. The maximum atomic E-state index is 12.6. The molecule has 0 aliphatic heterocycles. The number of hydrogen-bond donors (Lipinski definition) is 0. The number of benzene rings is 2. The summed E-state index contributed by atoms with van der Waals surface area (Å²) in [6.45, 7) is 2.93. The highest BCUT2D eigenvalue weighted by Gasteiger charge is 2.23. The van der Waals surface area contributed by atoms with Crippen molar-refractivity contribution in [1.29, 1.82) is 0 Å². The number of para-hydroxylation sites is 1. The summed E-state index contributed by atoms with van der Waals surface area (Å²) >= 11 is 5.95. The van der Waals surface area contributed by atoms with Crippen molar-refractivity contribution in [2.75, 3.05) is 0 Å². The van der Waals surface area contributed by atoms with Gasteiger partial charge in [-0.1, -0.05) is 41.9 Å². The van der Waals surface area contributed by atoms with Gasteiger partial charge in [0.1, 0.15) is 11.3 Å². The van der Waals surface area contributed by atoms with Crippen LogP contribution >= 0.6 is 11.6 Å². The lowest BCUT2D eigenvalue weighted by Crippen LogP contribution is -2.22. The monoisotopic (exact) mass is 368 g/mol. The Bertz CT molecular complexity index is 933. The summed E-state index contributed by atoms with van der Waals surface area (Å²) in [7, 11) is 0. The van der Waals surface area contributed by atoms with Gasteiger partial charge in [0.25, 0.3) is 0 Å². The van der Waals surface area contributed by atoms with Crippen LogP contribution in [-0.2, 0) is 9.53 Å². The summed E-state index contributed by atoms with van der Waals surface area (Å²) in [5, 5.41) is 5.13. The predicted octanol–water partition coefficient (Wildman–Crippen LogP) is 4.33. The zero-order chi connectivity index (χ0) is 18.7. The van der Waals surface area contributed by atoms with E-state index < -0.39 is 12.1 Å². The molecule has 0 fully saturated rings. The van der Waals surface area contributed by atoms with Crippen LogP contribution < -0.4 is 0 Å². The van der Waals surface area contributed by atoms with Gasteiger partial charge in [0.2, 0.25) is 0 Å². The van der Waals surface area contributed by atoms with Crippen molar-refractivity contribution < 1.29 is 14.3 Å². The number of ketones is 1. The summed E-state index contributed by atoms with van der Waals surface area (Å²) < 4.78 is 6.88. The number of hydrogen-bond acceptors (Lipinski definition) is 4. The minimum absolute atomic E-state index is 0.221. The quantitative estimate of drug-likeness (QED) is 0.629. The Labute approximate surface area is 156 Å². The molecule has 132 valence electrons. The summed E-state index contributed by atoms with van der Waals surface area (Å²) in [4.78, 5) is 24.0. The van der Waals surface area contributed by atoms with E-state index in [4.69, 9.17) is 16.3 Å². The van der Waals surface area contributed by atoms with Crippen molar-refractivity contribution in [3.8, 4) is 16.9 Å². The number of aromatic nitrogens is 2. The standard InChI is InChI=1S/C20H17ClN2O3/c1-13(24)14(2)26-20(25)18-12-23(17-6-4-3-5-7-17)22-19(18)15-8-10-16(21)11-9-15/h3-12,14H,1-2H3/t14-/m0/s1. The number of carbonyl (C=O) groups excluding carboxylic acids is 2. The Morgan fingerprint density at radius 1 is 1.08 bits per heavy atom. The normalized spacial score (nSPS) is 11.8. The molecule has 0 amide bonds. The van der Waals surface area contributed by atoms with E-state index in [0.717, 1.165) is 11.3 Å². The zero-order valence-electron chi connectivity index (χ0n) is 14.3. The third-order valence-electron chi connectivity index (χ3n) is 3.93. The minimum atomic E-state index is -0.819. The lowest BCUT2D eigenvalue weighted by molar-refractivity contribution is -0.124. The van der Waals surface area contributed by atoms with Crippen LogP contribution in [0.15, 0.2) is 60.8 Å². The van der Waals surface area contributed by atoms with Crippen LogP contribution in [0.2, 0.25) is 5.02 Å². The predicted molar refractivity (Wildman–Crippen MR) is 99.6 cm³/mol. The summed E-state index contributed by atoms with van der Waals surface area (Å²) in [6.07, 6.45) is 0.787. The fraction of sp³-hybridized carbons (Fsp3) is 0.150. The second-order valence-corrected chi connectivity index (χ2v) is 6.27. The molecule has 1 aromatic heterocycles. The topological polar surface area (TPSA) is 61.2 Å². The van der Waals surface area contributed by atoms with Gasteiger partial charge < -0.3 is 4.74 Å². The van der Waals surface area contributed by atoms with Crippen molar-refractivity contribution in [1.82, 2.24) is 9.78 Å². The third-order valence-corrected chi connectivity index (χ3v) is 4.18. The lowest BCUT2D eigenvalue weighted by Gasteiger charge is -2.09. The van der Waals surface area contributed by atoms with E-state index in [1.54, 1.807) is 42.1 Å². The first-order chi connectivity index (χ1) is 12.5. The Hall–Kier alpha value is -2.92. The van der Waals surface area contributed by atoms with Crippen molar-refractivity contribution in [2.45, 2.75) is 20.0 Å². The van der Waals surface area contributed by atoms with Crippen molar-refractivity contribution in [2.24, 2.45) is 0 Å². The van der Waals surface area contributed by atoms with Crippen LogP contribution in [-0.4, -0.2) is 27.6 Å². The zero-order valence-corrected chi connectivity index (χ0v) is 15.1. The Morgan fingerprint density at radius 3 is 2.35 bits per heavy atom. The summed E-state index contributed by atoms with van der Waals surface area (Å²) in [6, 6.07) is 16.5. The van der Waals surface area contributed by atoms with E-state index in [2.05, 4.69) is 5.10 Å². The average Bonchev–Trinajstić information content (AvgIpc) is 3.08. The number of esters is 1. The molecule has 0 bridgehead atoms. The molecule has 3 aromatic rings. The molecule has 0 radical (unpaired) electrons. The first-order valence-electron chi connectivity index (χ1n) is 8.08. The van der Waals surface area contributed by atoms with Crippen LogP contribution in [0.3, 0.4) is 0 Å². The molecule has 0 aliphatic rings. The molecule has 1 heterocycles. The van der Waals surface area contributed by atoms with Crippen molar-refractivity contribution >= 4 is 23.4 Å². The number of halogens is 1. The molecule has 1 atom stereocenters. The van der Waals surface area contributed by atoms with E-state index in [9.17, 15) is 9.59 Å². The van der Waals surface area contributed by atoms with Crippen LogP contribution in [0.4, 0.5) is 0 Å². The van der Waals surface area contributed by atoms with Crippen molar-refractivity contribution in [3.05, 3.63) is 71.4 Å². The van der Waals surface area contributed by atoms with E-state index in [1.165, 1.54) is 6.92 Å². The largest absolute Gasteiger partial charge is 0.451 e. The molecule has 0 saturated carbocycles. The molecule has 2 aromatic carbocycles. The lowest BCUT2D eigenvalue weighted by atomic mass is 10.1. The molecule has 26 heavy (non-hydrogen) atoms. The van der Waals surface area contributed by atoms with E-state index in [-0.39, 0.29) is 11.3 Å². The third kappa shape index (κ3) is 3.83. The number of nitrogens with zero attached hydrogens (tertiary/aromatic N) is 2. The molecular weight excluding hydrogens is 352 g/mol. The molecule has 5 nitrogen and oxygen atoms in total. The van der Waals surface area contributed by atoms with Crippen LogP contribution in [0.1, 0.15) is 24.2 Å². The molecule has 0 unspecified atom stereocenters. The van der Waals surface area contributed by atoms with E-state index in [0.29, 0.717) is 10.7 Å². The Balaban J connectivity index is 2.05. The highest BCUT2D eigenvalue weighted by molar-refractivity contribution is 6.30. The molecule has 0 saturated heterocycles. The SMILES string of the molecule is CC(=O)[C@H](C)OC(=O)c1cn(-c2ccccc2)nc1-c1ccc(Cl)cc1. The van der Waals surface area contributed by atoms with Gasteiger partial charge in [-0.2, -0.15) is 5.10 Å². The molecule has 0 N–H and O–H groups in total. The molecule has 3 rings (SSSR count). The van der Waals surface area contributed by atoms with Crippen LogP contribution in [0, 0.1) is 0 Å². The highest BCUT2D eigenvalue weighted by Crippen LogP contribution is 2.26. The highest BCUT2D eigenvalue weighted by atomic mass is 35.5. The number of carbonyl (C=O) groups is 2. The number of Topliss-reactive ketones (excluding diaryl/α,β-unsaturated/α-hetero) is 1.